The van der Waals surface area contributed by atoms with Crippen LogP contribution in [0.2, 0.25) is 0 Å². The van der Waals surface area contributed by atoms with Crippen molar-refractivity contribution < 1.29 is 18.0 Å². The zero-order chi connectivity index (χ0) is 16.9. The molecule has 2 aromatic rings. The van der Waals surface area contributed by atoms with Crippen molar-refractivity contribution in [3.63, 3.8) is 0 Å². The second kappa shape index (κ2) is 7.13. The SMILES string of the molecule is CCCC(=O)Nc1ccc(Nc2ccccc2C(F)(F)F)nc1. The Hall–Kier alpha value is -2.57. The Morgan fingerprint density at radius 2 is 1.91 bits per heavy atom. The number of anilines is 3. The van der Waals surface area contributed by atoms with Gasteiger partial charge in [0.25, 0.3) is 0 Å². The Morgan fingerprint density at radius 1 is 1.17 bits per heavy atom. The van der Waals surface area contributed by atoms with Crippen LogP contribution < -0.4 is 10.6 Å². The molecule has 0 saturated carbocycles. The number of halogens is 3. The average molecular weight is 323 g/mol. The van der Waals surface area contributed by atoms with Gasteiger partial charge in [-0.1, -0.05) is 19.1 Å². The highest BCUT2D eigenvalue weighted by molar-refractivity contribution is 5.90. The van der Waals surface area contributed by atoms with Crippen LogP contribution in [0.5, 0.6) is 0 Å². The number of nitrogens with zero attached hydrogens (tertiary/aromatic N) is 1. The lowest BCUT2D eigenvalue weighted by Crippen LogP contribution is -2.11. The number of nitrogens with one attached hydrogen (secondary N) is 2. The molecular formula is C16H16F3N3O. The molecule has 1 heterocycles. The lowest BCUT2D eigenvalue weighted by molar-refractivity contribution is -0.136. The summed E-state index contributed by atoms with van der Waals surface area (Å²) in [6, 6.07) is 8.27. The van der Waals surface area contributed by atoms with Gasteiger partial charge in [0.1, 0.15) is 5.82 Å². The predicted octanol–water partition coefficient (Wildman–Crippen LogP) is 4.58. The van der Waals surface area contributed by atoms with Crippen LogP contribution in [0, 0.1) is 0 Å². The topological polar surface area (TPSA) is 54.0 Å². The van der Waals surface area contributed by atoms with E-state index in [1.54, 1.807) is 6.07 Å². The van der Waals surface area contributed by atoms with Crippen LogP contribution in [0.15, 0.2) is 42.6 Å². The van der Waals surface area contributed by atoms with E-state index in [4.69, 9.17) is 0 Å². The van der Waals surface area contributed by atoms with E-state index >= 15 is 0 Å². The van der Waals surface area contributed by atoms with Gasteiger partial charge in [-0.2, -0.15) is 13.2 Å². The molecule has 0 fully saturated rings. The fourth-order valence-corrected chi connectivity index (χ4v) is 1.97. The maximum atomic E-state index is 12.9. The third kappa shape index (κ3) is 4.70. The molecule has 1 aromatic carbocycles. The number of hydrogen-bond donors (Lipinski definition) is 2. The van der Waals surface area contributed by atoms with Gasteiger partial charge in [-0.15, -0.1) is 0 Å². The summed E-state index contributed by atoms with van der Waals surface area (Å²) in [6.07, 6.45) is -1.92. The molecule has 0 spiro atoms. The summed E-state index contributed by atoms with van der Waals surface area (Å²) in [5.41, 5.74) is -0.337. The Balaban J connectivity index is 2.12. The quantitative estimate of drug-likeness (QED) is 0.846. The van der Waals surface area contributed by atoms with Gasteiger partial charge in [0, 0.05) is 6.42 Å². The first kappa shape index (κ1) is 16.8. The standard InChI is InChI=1S/C16H16F3N3O/c1-2-5-15(23)21-11-8-9-14(20-10-11)22-13-7-4-3-6-12(13)16(17,18)19/h3-4,6-10H,2,5H2,1H3,(H,20,22)(H,21,23). The number of amides is 1. The van der Waals surface area contributed by atoms with E-state index in [0.29, 0.717) is 12.1 Å². The molecule has 2 rings (SSSR count). The number of benzene rings is 1. The summed E-state index contributed by atoms with van der Waals surface area (Å²) in [5, 5.41) is 5.30. The van der Waals surface area contributed by atoms with Crippen LogP contribution in [-0.2, 0) is 11.0 Å². The van der Waals surface area contributed by atoms with Gasteiger partial charge in [0.05, 0.1) is 23.1 Å². The lowest BCUT2D eigenvalue weighted by Gasteiger charge is -2.14. The van der Waals surface area contributed by atoms with Gasteiger partial charge < -0.3 is 10.6 Å². The summed E-state index contributed by atoms with van der Waals surface area (Å²) in [7, 11) is 0. The number of carbonyl (C=O) groups excluding carboxylic acids is 1. The van der Waals surface area contributed by atoms with Crippen molar-refractivity contribution in [3.05, 3.63) is 48.2 Å². The van der Waals surface area contributed by atoms with Crippen LogP contribution in [0.4, 0.5) is 30.4 Å². The molecule has 7 heteroatoms. The molecule has 0 radical (unpaired) electrons. The van der Waals surface area contributed by atoms with Crippen LogP contribution in [0.25, 0.3) is 0 Å². The van der Waals surface area contributed by atoms with E-state index in [2.05, 4.69) is 15.6 Å². The second-order valence-electron chi connectivity index (χ2n) is 4.90. The van der Waals surface area contributed by atoms with E-state index in [0.717, 1.165) is 12.5 Å². The molecule has 122 valence electrons. The molecule has 0 unspecified atom stereocenters. The van der Waals surface area contributed by atoms with E-state index in [-0.39, 0.29) is 17.4 Å². The molecule has 0 aliphatic rings. The van der Waals surface area contributed by atoms with Gasteiger partial charge in [0.2, 0.25) is 5.91 Å². The fourth-order valence-electron chi connectivity index (χ4n) is 1.97. The van der Waals surface area contributed by atoms with E-state index in [1.807, 2.05) is 6.92 Å². The summed E-state index contributed by atoms with van der Waals surface area (Å²) in [6.45, 7) is 1.89. The van der Waals surface area contributed by atoms with Crippen LogP contribution in [0.3, 0.4) is 0 Å². The van der Waals surface area contributed by atoms with Gasteiger partial charge >= 0.3 is 6.18 Å². The third-order valence-corrected chi connectivity index (χ3v) is 3.02. The molecule has 0 saturated heterocycles. The van der Waals surface area contributed by atoms with Gasteiger partial charge in [-0.3, -0.25) is 4.79 Å². The fraction of sp³-hybridized carbons (Fsp3) is 0.250. The first-order valence-electron chi connectivity index (χ1n) is 7.09. The van der Waals surface area contributed by atoms with Crippen molar-refractivity contribution in [2.45, 2.75) is 25.9 Å². The first-order valence-corrected chi connectivity index (χ1v) is 7.09. The van der Waals surface area contributed by atoms with E-state index in [1.165, 1.54) is 30.5 Å². The van der Waals surface area contributed by atoms with E-state index < -0.39 is 11.7 Å². The zero-order valence-electron chi connectivity index (χ0n) is 12.4. The predicted molar refractivity (Wildman–Crippen MR) is 82.5 cm³/mol. The highest BCUT2D eigenvalue weighted by atomic mass is 19.4. The smallest absolute Gasteiger partial charge is 0.340 e. The summed E-state index contributed by atoms with van der Waals surface area (Å²) in [4.78, 5) is 15.5. The summed E-state index contributed by atoms with van der Waals surface area (Å²) < 4.78 is 38.8. The molecule has 4 nitrogen and oxygen atoms in total. The van der Waals surface area contributed by atoms with Gasteiger partial charge in [-0.25, -0.2) is 4.98 Å². The summed E-state index contributed by atoms with van der Waals surface area (Å²) in [5.74, 6) is 0.132. The number of rotatable bonds is 5. The number of para-hydroxylation sites is 1. The molecule has 1 amide bonds. The molecule has 1 aromatic heterocycles. The normalized spacial score (nSPS) is 11.1. The van der Waals surface area contributed by atoms with Crippen molar-refractivity contribution in [1.29, 1.82) is 0 Å². The largest absolute Gasteiger partial charge is 0.418 e. The highest BCUT2D eigenvalue weighted by Crippen LogP contribution is 2.35. The van der Waals surface area contributed by atoms with Crippen LogP contribution in [-0.4, -0.2) is 10.9 Å². The Labute approximate surface area is 131 Å². The van der Waals surface area contributed by atoms with Crippen molar-refractivity contribution in [1.82, 2.24) is 4.98 Å². The third-order valence-electron chi connectivity index (χ3n) is 3.02. The highest BCUT2D eigenvalue weighted by Gasteiger charge is 2.33. The van der Waals surface area contributed by atoms with Crippen LogP contribution in [0.1, 0.15) is 25.3 Å². The molecule has 0 aliphatic carbocycles. The molecule has 0 atom stereocenters. The molecule has 2 N–H and O–H groups in total. The Bertz CT molecular complexity index is 669. The zero-order valence-corrected chi connectivity index (χ0v) is 12.4. The second-order valence-corrected chi connectivity index (χ2v) is 4.90. The van der Waals surface area contributed by atoms with E-state index in [9.17, 15) is 18.0 Å². The van der Waals surface area contributed by atoms with Gasteiger partial charge in [-0.05, 0) is 30.7 Å². The molecular weight excluding hydrogens is 307 g/mol. The Kier molecular flexibility index (Phi) is 5.20. The average Bonchev–Trinajstić information content (AvgIpc) is 2.49. The van der Waals surface area contributed by atoms with Crippen molar-refractivity contribution in [2.75, 3.05) is 10.6 Å². The first-order chi connectivity index (χ1) is 10.9. The minimum atomic E-state index is -4.45. The monoisotopic (exact) mass is 323 g/mol. The lowest BCUT2D eigenvalue weighted by atomic mass is 10.1. The van der Waals surface area contributed by atoms with Crippen molar-refractivity contribution in [2.24, 2.45) is 0 Å². The van der Waals surface area contributed by atoms with Crippen LogP contribution >= 0.6 is 0 Å². The molecule has 23 heavy (non-hydrogen) atoms. The maximum Gasteiger partial charge on any atom is 0.418 e. The van der Waals surface area contributed by atoms with Crippen molar-refractivity contribution in [3.8, 4) is 0 Å². The van der Waals surface area contributed by atoms with Gasteiger partial charge in [0.15, 0.2) is 0 Å². The summed E-state index contributed by atoms with van der Waals surface area (Å²) >= 11 is 0. The number of alkyl halides is 3. The number of pyridine rings is 1. The van der Waals surface area contributed by atoms with Crippen molar-refractivity contribution >= 4 is 23.1 Å². The molecule has 0 bridgehead atoms. The Morgan fingerprint density at radius 3 is 2.52 bits per heavy atom. The number of aromatic nitrogens is 1. The minimum Gasteiger partial charge on any atom is -0.340 e. The minimum absolute atomic E-state index is 0.0738. The maximum absolute atomic E-state index is 12.9. The number of carbonyl (C=O) groups is 1. The number of hydrogen-bond acceptors (Lipinski definition) is 3. The molecule has 0 aliphatic heterocycles.